The van der Waals surface area contributed by atoms with Gasteiger partial charge in [-0.15, -0.1) is 0 Å². The molecule has 1 N–H and O–H groups in total. The number of benzene rings is 1. The van der Waals surface area contributed by atoms with Gasteiger partial charge in [0.1, 0.15) is 17.3 Å². The van der Waals surface area contributed by atoms with Gasteiger partial charge in [-0.05, 0) is 26.8 Å². The van der Waals surface area contributed by atoms with E-state index in [1.165, 1.54) is 30.5 Å². The van der Waals surface area contributed by atoms with Crippen LogP contribution in [0.4, 0.5) is 5.69 Å². The molecular formula is C16H16N6O4. The van der Waals surface area contributed by atoms with Crippen LogP contribution in [0.2, 0.25) is 0 Å². The Labute approximate surface area is 147 Å². The van der Waals surface area contributed by atoms with Crippen molar-refractivity contribution >= 4 is 22.6 Å². The highest BCUT2D eigenvalue weighted by molar-refractivity contribution is 6.03. The van der Waals surface area contributed by atoms with Gasteiger partial charge in [0.2, 0.25) is 0 Å². The van der Waals surface area contributed by atoms with E-state index in [0.29, 0.717) is 5.65 Å². The second-order valence-electron chi connectivity index (χ2n) is 6.60. The maximum atomic E-state index is 12.6. The molecule has 10 nitrogen and oxygen atoms in total. The number of nitro benzene ring substituents is 1. The zero-order valence-electron chi connectivity index (χ0n) is 14.3. The number of fused-ring (bicyclic) bond motifs is 1. The van der Waals surface area contributed by atoms with Gasteiger partial charge in [0.25, 0.3) is 17.2 Å². The van der Waals surface area contributed by atoms with Crippen molar-refractivity contribution in [3.05, 3.63) is 62.8 Å². The van der Waals surface area contributed by atoms with Crippen molar-refractivity contribution < 1.29 is 9.72 Å². The van der Waals surface area contributed by atoms with Crippen molar-refractivity contribution in [2.45, 2.75) is 26.3 Å². The normalized spacial score (nSPS) is 11.5. The maximum Gasteiger partial charge on any atom is 0.283 e. The molecule has 1 aromatic carbocycles. The minimum absolute atomic E-state index is 0.158. The van der Waals surface area contributed by atoms with Crippen molar-refractivity contribution in [3.8, 4) is 0 Å². The average Bonchev–Trinajstić information content (AvgIpc) is 3.02. The minimum Gasteiger partial charge on any atom is -0.267 e. The fourth-order valence-corrected chi connectivity index (χ4v) is 2.48. The molecular weight excluding hydrogens is 340 g/mol. The maximum absolute atomic E-state index is 12.6. The summed E-state index contributed by atoms with van der Waals surface area (Å²) in [5.74, 6) is -0.788. The van der Waals surface area contributed by atoms with Crippen LogP contribution in [0, 0.1) is 10.1 Å². The zero-order valence-corrected chi connectivity index (χ0v) is 14.3. The predicted octanol–water partition coefficient (Wildman–Crippen LogP) is 1.64. The highest BCUT2D eigenvalue weighted by Gasteiger charge is 2.22. The molecule has 0 saturated heterocycles. The van der Waals surface area contributed by atoms with Crippen LogP contribution >= 0.6 is 0 Å². The third-order valence-electron chi connectivity index (χ3n) is 3.69. The Kier molecular flexibility index (Phi) is 4.03. The van der Waals surface area contributed by atoms with Crippen LogP contribution in [0.15, 0.2) is 41.6 Å². The second kappa shape index (κ2) is 6.06. The van der Waals surface area contributed by atoms with Gasteiger partial charge in [-0.1, -0.05) is 12.1 Å². The Balaban J connectivity index is 2.00. The van der Waals surface area contributed by atoms with Crippen molar-refractivity contribution in [3.63, 3.8) is 0 Å². The van der Waals surface area contributed by atoms with Crippen LogP contribution in [0.3, 0.4) is 0 Å². The van der Waals surface area contributed by atoms with Gasteiger partial charge in [0, 0.05) is 6.07 Å². The fraction of sp³-hybridized carbons (Fsp3) is 0.250. The summed E-state index contributed by atoms with van der Waals surface area (Å²) in [4.78, 5) is 39.5. The largest absolute Gasteiger partial charge is 0.283 e. The van der Waals surface area contributed by atoms with E-state index in [9.17, 15) is 19.7 Å². The summed E-state index contributed by atoms with van der Waals surface area (Å²) < 4.78 is 2.49. The van der Waals surface area contributed by atoms with Crippen LogP contribution in [0.1, 0.15) is 31.1 Å². The molecule has 2 heterocycles. The number of amides is 1. The molecule has 0 bridgehead atoms. The Bertz CT molecular complexity index is 1080. The molecule has 134 valence electrons. The lowest BCUT2D eigenvalue weighted by atomic mass is 10.1. The SMILES string of the molecule is CC(C)(C)n1ncc2c(=O)n(NC(=O)c3ccccc3[N+](=O)[O-])cnc21. The smallest absolute Gasteiger partial charge is 0.267 e. The molecule has 0 aliphatic carbocycles. The van der Waals surface area contributed by atoms with Crippen LogP contribution in [0.5, 0.6) is 0 Å². The molecule has 0 fully saturated rings. The molecule has 3 rings (SSSR count). The zero-order chi connectivity index (χ0) is 19.1. The number of rotatable bonds is 3. The molecule has 0 radical (unpaired) electrons. The van der Waals surface area contributed by atoms with Gasteiger partial charge in [0.05, 0.1) is 16.7 Å². The number of nitro groups is 1. The summed E-state index contributed by atoms with van der Waals surface area (Å²) in [6.07, 6.45) is 2.53. The van der Waals surface area contributed by atoms with E-state index in [4.69, 9.17) is 0 Å². The molecule has 26 heavy (non-hydrogen) atoms. The quantitative estimate of drug-likeness (QED) is 0.562. The van der Waals surface area contributed by atoms with E-state index in [1.807, 2.05) is 20.8 Å². The minimum atomic E-state index is -0.788. The van der Waals surface area contributed by atoms with Crippen LogP contribution < -0.4 is 11.0 Å². The second-order valence-corrected chi connectivity index (χ2v) is 6.60. The number of carbonyl (C=O) groups is 1. The molecule has 10 heteroatoms. The van der Waals surface area contributed by atoms with E-state index in [1.54, 1.807) is 4.68 Å². The van der Waals surface area contributed by atoms with Crippen LogP contribution in [0.25, 0.3) is 11.0 Å². The Morgan fingerprint density at radius 2 is 1.96 bits per heavy atom. The Hall–Kier alpha value is -3.56. The lowest BCUT2D eigenvalue weighted by molar-refractivity contribution is -0.385. The van der Waals surface area contributed by atoms with E-state index in [-0.39, 0.29) is 22.2 Å². The standard InChI is InChI=1S/C16H16N6O4/c1-16(2,3)21-13-11(8-18-21)15(24)20(9-17-13)19-14(23)10-6-4-5-7-12(10)22(25)26/h4-9H,1-3H3,(H,19,23). The first-order valence-electron chi connectivity index (χ1n) is 7.71. The van der Waals surface area contributed by atoms with Gasteiger partial charge < -0.3 is 0 Å². The van der Waals surface area contributed by atoms with Crippen molar-refractivity contribution in [1.82, 2.24) is 19.4 Å². The molecule has 2 aromatic heterocycles. The summed E-state index contributed by atoms with van der Waals surface area (Å²) in [5, 5.41) is 15.5. The summed E-state index contributed by atoms with van der Waals surface area (Å²) in [7, 11) is 0. The average molecular weight is 356 g/mol. The Morgan fingerprint density at radius 3 is 2.62 bits per heavy atom. The highest BCUT2D eigenvalue weighted by atomic mass is 16.6. The van der Waals surface area contributed by atoms with E-state index in [2.05, 4.69) is 15.5 Å². The van der Waals surface area contributed by atoms with E-state index < -0.39 is 16.4 Å². The number of carbonyl (C=O) groups excluding carboxylic acids is 1. The molecule has 0 unspecified atom stereocenters. The van der Waals surface area contributed by atoms with Crippen molar-refractivity contribution in [1.29, 1.82) is 0 Å². The van der Waals surface area contributed by atoms with Crippen molar-refractivity contribution in [2.75, 3.05) is 5.43 Å². The van der Waals surface area contributed by atoms with Gasteiger partial charge in [-0.2, -0.15) is 5.10 Å². The van der Waals surface area contributed by atoms with Crippen LogP contribution in [-0.2, 0) is 5.54 Å². The lowest BCUT2D eigenvalue weighted by Crippen LogP contribution is -2.34. The molecule has 0 aliphatic rings. The fourth-order valence-electron chi connectivity index (χ4n) is 2.48. The van der Waals surface area contributed by atoms with Crippen molar-refractivity contribution in [2.24, 2.45) is 0 Å². The number of aromatic nitrogens is 4. The molecule has 0 aliphatic heterocycles. The van der Waals surface area contributed by atoms with Gasteiger partial charge in [-0.25, -0.2) is 14.3 Å². The number of hydrogen-bond donors (Lipinski definition) is 1. The third kappa shape index (κ3) is 2.92. The molecule has 0 saturated carbocycles. The van der Waals surface area contributed by atoms with Gasteiger partial charge in [0.15, 0.2) is 5.65 Å². The van der Waals surface area contributed by atoms with E-state index >= 15 is 0 Å². The third-order valence-corrected chi connectivity index (χ3v) is 3.69. The number of para-hydroxylation sites is 1. The molecule has 1 amide bonds. The lowest BCUT2D eigenvalue weighted by Gasteiger charge is -2.19. The summed E-state index contributed by atoms with van der Waals surface area (Å²) in [5.41, 5.74) is 1.30. The van der Waals surface area contributed by atoms with E-state index in [0.717, 1.165) is 11.0 Å². The summed E-state index contributed by atoms with van der Waals surface area (Å²) in [6, 6.07) is 5.48. The summed E-state index contributed by atoms with van der Waals surface area (Å²) in [6.45, 7) is 5.76. The first-order valence-corrected chi connectivity index (χ1v) is 7.71. The topological polar surface area (TPSA) is 125 Å². The van der Waals surface area contributed by atoms with Gasteiger partial charge >= 0.3 is 0 Å². The monoisotopic (exact) mass is 356 g/mol. The van der Waals surface area contributed by atoms with Gasteiger partial charge in [-0.3, -0.25) is 25.1 Å². The number of hydrogen-bond acceptors (Lipinski definition) is 6. The first kappa shape index (κ1) is 17.3. The molecule has 0 spiro atoms. The number of nitrogens with zero attached hydrogens (tertiary/aromatic N) is 5. The van der Waals surface area contributed by atoms with Crippen LogP contribution in [-0.4, -0.2) is 30.3 Å². The predicted molar refractivity (Wildman–Crippen MR) is 93.6 cm³/mol. The summed E-state index contributed by atoms with van der Waals surface area (Å²) >= 11 is 0. The number of nitrogens with one attached hydrogen (secondary N) is 1. The first-order chi connectivity index (χ1) is 12.2. The molecule has 0 atom stereocenters. The Morgan fingerprint density at radius 1 is 1.27 bits per heavy atom. The highest BCUT2D eigenvalue weighted by Crippen LogP contribution is 2.19. The molecule has 3 aromatic rings.